The lowest BCUT2D eigenvalue weighted by Crippen LogP contribution is -3.00. The minimum atomic E-state index is 0. The number of rotatable bonds is 0. The van der Waals surface area contributed by atoms with Gasteiger partial charge < -0.3 is 15.9 Å². The monoisotopic (exact) mass is 83.1 g/mol. The molecule has 3 heteroatoms. The highest BCUT2D eigenvalue weighted by Gasteiger charge is 1.37. The van der Waals surface area contributed by atoms with Gasteiger partial charge in [0.05, 0.1) is 6.54 Å². The molecule has 0 fully saturated rings. The molecular formula is C2H10FNO. The van der Waals surface area contributed by atoms with Gasteiger partial charge in [0.1, 0.15) is 0 Å². The van der Waals surface area contributed by atoms with Gasteiger partial charge in [-0.15, -0.1) is 0 Å². The number of hydrogen-bond donors (Lipinski definition) is 1. The standard InChI is InChI=1S/C2H7N.FH.H2O/c1-2-3;;/h2-3H2,1H3;1H;1H2. The first-order valence-electron chi connectivity index (χ1n) is 1.21. The van der Waals surface area contributed by atoms with E-state index in [0.717, 1.165) is 6.54 Å². The Labute approximate surface area is 30.7 Å². The average molecular weight is 83.1 g/mol. The molecule has 5 heavy (non-hydrogen) atoms. The maximum absolute atomic E-state index is 3.49. The summed E-state index contributed by atoms with van der Waals surface area (Å²) >= 11 is 0. The topological polar surface area (TPSA) is 59.1 Å². The molecule has 0 aromatic carbocycles. The zero-order valence-corrected chi connectivity index (χ0v) is 3.29. The van der Waals surface area contributed by atoms with E-state index in [-0.39, 0.29) is 10.2 Å². The van der Waals surface area contributed by atoms with Crippen LogP contribution in [0.5, 0.6) is 0 Å². The van der Waals surface area contributed by atoms with Crippen molar-refractivity contribution in [1.82, 2.24) is 0 Å². The first kappa shape index (κ1) is 21.0. The summed E-state index contributed by atoms with van der Waals surface area (Å²) in [7, 11) is 0. The highest BCUT2D eigenvalue weighted by atomic mass is 19.0. The molecule has 0 aliphatic heterocycles. The van der Waals surface area contributed by atoms with Crippen LogP contribution in [0.2, 0.25) is 0 Å². The van der Waals surface area contributed by atoms with Crippen LogP contribution in [0.3, 0.4) is 0 Å². The molecule has 0 aliphatic carbocycles. The Bertz CT molecular complexity index is 9.61. The van der Waals surface area contributed by atoms with Gasteiger partial charge in [0.15, 0.2) is 0 Å². The van der Waals surface area contributed by atoms with Crippen LogP contribution in [0.1, 0.15) is 6.92 Å². The van der Waals surface area contributed by atoms with Gasteiger partial charge in [-0.3, -0.25) is 0 Å². The molecule has 0 spiro atoms. The largest absolute Gasteiger partial charge is 1.00 e. The van der Waals surface area contributed by atoms with Crippen LogP contribution in [-0.4, -0.2) is 12.0 Å². The van der Waals surface area contributed by atoms with Crippen LogP contribution in [0.25, 0.3) is 0 Å². The van der Waals surface area contributed by atoms with E-state index in [2.05, 4.69) is 5.73 Å². The second-order valence-electron chi connectivity index (χ2n) is 0.500. The molecular weight excluding hydrogens is 73.0 g/mol. The Hall–Kier alpha value is -0.150. The predicted molar refractivity (Wildman–Crippen MR) is 17.0 cm³/mol. The lowest BCUT2D eigenvalue weighted by molar-refractivity contribution is -0.361. The molecule has 0 rings (SSSR count). The van der Waals surface area contributed by atoms with E-state index in [0.29, 0.717) is 0 Å². The average Bonchev–Trinajstić information content (AvgIpc) is 0.918. The molecule has 0 heterocycles. The van der Waals surface area contributed by atoms with E-state index >= 15 is 0 Å². The van der Waals surface area contributed by atoms with Crippen molar-refractivity contribution < 1.29 is 15.9 Å². The highest BCUT2D eigenvalue weighted by molar-refractivity contribution is 3.79. The quantitative estimate of drug-likeness (QED) is 0.306. The molecule has 0 aromatic rings. The second-order valence-corrected chi connectivity index (χ2v) is 0.500. The summed E-state index contributed by atoms with van der Waals surface area (Å²) in [6.07, 6.45) is 0. The van der Waals surface area contributed by atoms with E-state index in [1.165, 1.54) is 0 Å². The third-order valence-electron chi connectivity index (χ3n) is 0. The van der Waals surface area contributed by atoms with Gasteiger partial charge in [0.25, 0.3) is 0 Å². The Morgan fingerprint density at radius 2 is 1.60 bits per heavy atom. The van der Waals surface area contributed by atoms with Crippen molar-refractivity contribution >= 4 is 0 Å². The number of halogens is 1. The lowest BCUT2D eigenvalue weighted by atomic mass is 10.8. The van der Waals surface area contributed by atoms with Crippen molar-refractivity contribution in [2.45, 2.75) is 6.92 Å². The summed E-state index contributed by atoms with van der Waals surface area (Å²) in [6.45, 7) is 3.01. The van der Waals surface area contributed by atoms with Crippen LogP contribution in [0, 0.1) is 0 Å². The SMILES string of the molecule is CC[NH3+].O.[F-]. The summed E-state index contributed by atoms with van der Waals surface area (Å²) in [6, 6.07) is 0. The minimum absolute atomic E-state index is 0. The predicted octanol–water partition coefficient (Wildman–Crippen LogP) is -4.57. The highest BCUT2D eigenvalue weighted by Crippen LogP contribution is 1.13. The molecule has 0 saturated heterocycles. The Morgan fingerprint density at radius 3 is 1.60 bits per heavy atom. The summed E-state index contributed by atoms with van der Waals surface area (Å²) in [5, 5.41) is 0. The van der Waals surface area contributed by atoms with Crippen molar-refractivity contribution in [2.75, 3.05) is 6.54 Å². The van der Waals surface area contributed by atoms with Crippen LogP contribution < -0.4 is 10.4 Å². The van der Waals surface area contributed by atoms with Gasteiger partial charge >= 0.3 is 0 Å². The smallest absolute Gasteiger partial charge is 0.0711 e. The van der Waals surface area contributed by atoms with Crippen LogP contribution >= 0.6 is 0 Å². The molecule has 0 radical (unpaired) electrons. The summed E-state index contributed by atoms with van der Waals surface area (Å²) in [5.74, 6) is 0. The first-order valence-corrected chi connectivity index (χ1v) is 1.21. The van der Waals surface area contributed by atoms with Gasteiger partial charge in [-0.2, -0.15) is 0 Å². The molecule has 0 saturated carbocycles. The number of hydrogen-bond acceptors (Lipinski definition) is 0. The number of quaternary nitrogens is 1. The van der Waals surface area contributed by atoms with Gasteiger partial charge in [0.2, 0.25) is 0 Å². The van der Waals surface area contributed by atoms with E-state index in [1.54, 1.807) is 0 Å². The summed E-state index contributed by atoms with van der Waals surface area (Å²) < 4.78 is 0. The third kappa shape index (κ3) is 586. The lowest BCUT2D eigenvalue weighted by Gasteiger charge is -1.49. The van der Waals surface area contributed by atoms with Crippen molar-refractivity contribution in [3.05, 3.63) is 0 Å². The van der Waals surface area contributed by atoms with Crippen LogP contribution in [0.15, 0.2) is 0 Å². The summed E-state index contributed by atoms with van der Waals surface area (Å²) in [4.78, 5) is 0. The fourth-order valence-corrected chi connectivity index (χ4v) is 0. The molecule has 0 amide bonds. The van der Waals surface area contributed by atoms with Crippen molar-refractivity contribution in [2.24, 2.45) is 0 Å². The van der Waals surface area contributed by atoms with E-state index in [1.807, 2.05) is 6.92 Å². The Kier molecular flexibility index (Phi) is 182. The Morgan fingerprint density at radius 1 is 1.60 bits per heavy atom. The first-order chi connectivity index (χ1) is 1.41. The maximum atomic E-state index is 3.49. The minimum Gasteiger partial charge on any atom is -1.00 e. The van der Waals surface area contributed by atoms with E-state index in [4.69, 9.17) is 0 Å². The van der Waals surface area contributed by atoms with Crippen LogP contribution in [-0.2, 0) is 0 Å². The van der Waals surface area contributed by atoms with Gasteiger partial charge in [-0.05, 0) is 6.92 Å². The molecule has 0 atom stereocenters. The molecule has 5 N–H and O–H groups in total. The Balaban J connectivity index is -0.0000000200. The molecule has 36 valence electrons. The fourth-order valence-electron chi connectivity index (χ4n) is 0. The normalized spacial score (nSPS) is 3.60. The van der Waals surface area contributed by atoms with Crippen molar-refractivity contribution in [3.63, 3.8) is 0 Å². The van der Waals surface area contributed by atoms with Gasteiger partial charge in [-0.1, -0.05) is 0 Å². The van der Waals surface area contributed by atoms with Gasteiger partial charge in [0, 0.05) is 0 Å². The molecule has 0 bridgehead atoms. The van der Waals surface area contributed by atoms with Crippen LogP contribution in [0.4, 0.5) is 0 Å². The van der Waals surface area contributed by atoms with E-state index < -0.39 is 0 Å². The van der Waals surface area contributed by atoms with Crippen molar-refractivity contribution in [3.8, 4) is 0 Å². The van der Waals surface area contributed by atoms with E-state index in [9.17, 15) is 0 Å². The fraction of sp³-hybridized carbons (Fsp3) is 1.00. The zero-order valence-electron chi connectivity index (χ0n) is 3.29. The molecule has 2 nitrogen and oxygen atoms in total. The van der Waals surface area contributed by atoms with Crippen molar-refractivity contribution in [1.29, 1.82) is 0 Å². The molecule has 0 unspecified atom stereocenters. The van der Waals surface area contributed by atoms with Gasteiger partial charge in [-0.25, -0.2) is 0 Å². The second kappa shape index (κ2) is 43.3. The zero-order chi connectivity index (χ0) is 2.71. The summed E-state index contributed by atoms with van der Waals surface area (Å²) in [5.41, 5.74) is 3.49. The molecule has 0 aromatic heterocycles. The molecule has 0 aliphatic rings. The maximum Gasteiger partial charge on any atom is 0.0711 e. The third-order valence-corrected chi connectivity index (χ3v) is 0.